The first-order valence-corrected chi connectivity index (χ1v) is 3.60. The molecule has 0 fully saturated rings. The van der Waals surface area contributed by atoms with Gasteiger partial charge in [0, 0.05) is 5.56 Å². The summed E-state index contributed by atoms with van der Waals surface area (Å²) in [6.07, 6.45) is 0.443. The van der Waals surface area contributed by atoms with E-state index in [0.29, 0.717) is 6.29 Å². The van der Waals surface area contributed by atoms with Crippen molar-refractivity contribution in [1.82, 2.24) is 0 Å². The Hall–Kier alpha value is -2.64. The minimum Gasteiger partial charge on any atom is -0.298 e. The zero-order valence-electron chi connectivity index (χ0n) is 6.98. The number of carbonyl (C=O) groups excluding carboxylic acids is 1. The van der Waals surface area contributed by atoms with Crippen molar-refractivity contribution < 1.29 is 4.79 Å². The standard InChI is InChI=1S/C10H3N3O/c11-3-7-1-8(4-12)10(6-14)9(2-7)5-13/h1-2,6H. The summed E-state index contributed by atoms with van der Waals surface area (Å²) in [5, 5.41) is 25.9. The van der Waals surface area contributed by atoms with Gasteiger partial charge in [-0.15, -0.1) is 0 Å². The van der Waals surface area contributed by atoms with Crippen molar-refractivity contribution in [3.05, 3.63) is 34.4 Å². The Kier molecular flexibility index (Phi) is 2.60. The van der Waals surface area contributed by atoms with Crippen LogP contribution in [0.25, 0.3) is 0 Å². The minimum atomic E-state index is 0.0361. The SMILES string of the molecule is N#Cc1cc(C#N)c(C=O)c(C#N)c1. The highest BCUT2D eigenvalue weighted by Gasteiger charge is 2.09. The van der Waals surface area contributed by atoms with Gasteiger partial charge in [0.15, 0.2) is 6.29 Å². The Morgan fingerprint density at radius 1 is 1.00 bits per heavy atom. The Balaban J connectivity index is 3.62. The van der Waals surface area contributed by atoms with Crippen LogP contribution in [0, 0.1) is 34.0 Å². The van der Waals surface area contributed by atoms with Gasteiger partial charge in [0.05, 0.1) is 34.9 Å². The van der Waals surface area contributed by atoms with E-state index in [4.69, 9.17) is 15.8 Å². The number of benzene rings is 1. The average molecular weight is 181 g/mol. The van der Waals surface area contributed by atoms with Crippen LogP contribution in [-0.4, -0.2) is 6.29 Å². The van der Waals surface area contributed by atoms with E-state index in [-0.39, 0.29) is 22.3 Å². The summed E-state index contributed by atoms with van der Waals surface area (Å²) in [6, 6.07) is 7.90. The van der Waals surface area contributed by atoms with Crippen molar-refractivity contribution in [1.29, 1.82) is 15.8 Å². The number of hydrogen-bond acceptors (Lipinski definition) is 4. The Labute approximate surface area is 80.2 Å². The van der Waals surface area contributed by atoms with Crippen LogP contribution in [0.4, 0.5) is 0 Å². The molecule has 64 valence electrons. The molecule has 0 unspecified atom stereocenters. The number of carbonyl (C=O) groups is 1. The quantitative estimate of drug-likeness (QED) is 0.607. The summed E-state index contributed by atoms with van der Waals surface area (Å²) in [4.78, 5) is 10.6. The normalized spacial score (nSPS) is 8.07. The summed E-state index contributed by atoms with van der Waals surface area (Å²) >= 11 is 0. The van der Waals surface area contributed by atoms with Gasteiger partial charge < -0.3 is 0 Å². The Bertz CT molecular complexity index is 477. The lowest BCUT2D eigenvalue weighted by Gasteiger charge is -1.98. The monoisotopic (exact) mass is 181 g/mol. The molecule has 0 N–H and O–H groups in total. The van der Waals surface area contributed by atoms with E-state index in [1.54, 1.807) is 12.1 Å². The van der Waals surface area contributed by atoms with Crippen LogP contribution >= 0.6 is 0 Å². The van der Waals surface area contributed by atoms with Gasteiger partial charge in [-0.3, -0.25) is 4.79 Å². The highest BCUT2D eigenvalue weighted by atomic mass is 16.1. The summed E-state index contributed by atoms with van der Waals surface area (Å²) in [5.74, 6) is 0. The number of nitriles is 3. The summed E-state index contributed by atoms with van der Waals surface area (Å²) in [6.45, 7) is 0. The van der Waals surface area contributed by atoms with Gasteiger partial charge in [-0.1, -0.05) is 0 Å². The van der Waals surface area contributed by atoms with E-state index >= 15 is 0 Å². The molecule has 0 saturated carbocycles. The van der Waals surface area contributed by atoms with E-state index < -0.39 is 0 Å². The van der Waals surface area contributed by atoms with Gasteiger partial charge in [-0.2, -0.15) is 15.8 Å². The average Bonchev–Trinajstić information content (AvgIpc) is 2.26. The molecule has 4 nitrogen and oxygen atoms in total. The molecule has 4 heteroatoms. The molecular formula is C10H3N3O. The number of rotatable bonds is 1. The van der Waals surface area contributed by atoms with Crippen LogP contribution in [0.3, 0.4) is 0 Å². The molecule has 0 aliphatic heterocycles. The fourth-order valence-electron chi connectivity index (χ4n) is 1.03. The third-order valence-corrected chi connectivity index (χ3v) is 1.67. The van der Waals surface area contributed by atoms with E-state index in [0.717, 1.165) is 0 Å². The van der Waals surface area contributed by atoms with Crippen LogP contribution in [0.15, 0.2) is 12.1 Å². The molecule has 1 aromatic rings. The molecule has 0 radical (unpaired) electrons. The first-order valence-electron chi connectivity index (χ1n) is 3.60. The van der Waals surface area contributed by atoms with Gasteiger partial charge in [0.25, 0.3) is 0 Å². The van der Waals surface area contributed by atoms with Gasteiger partial charge >= 0.3 is 0 Å². The largest absolute Gasteiger partial charge is 0.298 e. The van der Waals surface area contributed by atoms with Crippen LogP contribution in [0.1, 0.15) is 27.0 Å². The highest BCUT2D eigenvalue weighted by molar-refractivity contribution is 5.83. The second kappa shape index (κ2) is 3.85. The second-order valence-corrected chi connectivity index (χ2v) is 2.44. The second-order valence-electron chi connectivity index (χ2n) is 2.44. The minimum absolute atomic E-state index is 0.0361. The van der Waals surface area contributed by atoms with Crippen LogP contribution in [0.2, 0.25) is 0 Å². The van der Waals surface area contributed by atoms with Crippen molar-refractivity contribution in [2.45, 2.75) is 0 Å². The number of hydrogen-bond donors (Lipinski definition) is 0. The molecular weight excluding hydrogens is 178 g/mol. The summed E-state index contributed by atoms with van der Waals surface area (Å²) in [5.41, 5.74) is 0.337. The fraction of sp³-hybridized carbons (Fsp3) is 0. The lowest BCUT2D eigenvalue weighted by molar-refractivity contribution is 0.112. The number of aldehydes is 1. The van der Waals surface area contributed by atoms with Gasteiger partial charge in [0.2, 0.25) is 0 Å². The lowest BCUT2D eigenvalue weighted by Crippen LogP contribution is -1.94. The van der Waals surface area contributed by atoms with Crippen LogP contribution in [-0.2, 0) is 0 Å². The van der Waals surface area contributed by atoms with Crippen LogP contribution in [0.5, 0.6) is 0 Å². The molecule has 0 saturated heterocycles. The van der Waals surface area contributed by atoms with Gasteiger partial charge in [-0.25, -0.2) is 0 Å². The van der Waals surface area contributed by atoms with Crippen molar-refractivity contribution in [3.8, 4) is 18.2 Å². The van der Waals surface area contributed by atoms with E-state index in [9.17, 15) is 4.79 Å². The van der Waals surface area contributed by atoms with Crippen molar-refractivity contribution in [2.75, 3.05) is 0 Å². The maximum absolute atomic E-state index is 10.6. The van der Waals surface area contributed by atoms with E-state index in [1.165, 1.54) is 12.1 Å². The smallest absolute Gasteiger partial charge is 0.152 e. The third-order valence-electron chi connectivity index (χ3n) is 1.67. The molecule has 1 aromatic carbocycles. The third kappa shape index (κ3) is 1.43. The molecule has 0 spiro atoms. The highest BCUT2D eigenvalue weighted by Crippen LogP contribution is 2.14. The number of nitrogens with zero attached hydrogens (tertiary/aromatic N) is 3. The summed E-state index contributed by atoms with van der Waals surface area (Å²) < 4.78 is 0. The molecule has 0 aliphatic rings. The Morgan fingerprint density at radius 2 is 1.50 bits per heavy atom. The van der Waals surface area contributed by atoms with E-state index in [1.807, 2.05) is 6.07 Å². The molecule has 0 heterocycles. The molecule has 0 atom stereocenters. The molecule has 0 aliphatic carbocycles. The van der Waals surface area contributed by atoms with Gasteiger partial charge in [-0.05, 0) is 12.1 Å². The zero-order chi connectivity index (χ0) is 10.6. The van der Waals surface area contributed by atoms with Crippen molar-refractivity contribution >= 4 is 6.29 Å². The lowest BCUT2D eigenvalue weighted by atomic mass is 10.0. The first kappa shape index (κ1) is 9.45. The molecule has 0 amide bonds. The zero-order valence-corrected chi connectivity index (χ0v) is 6.98. The predicted molar refractivity (Wildman–Crippen MR) is 46.0 cm³/mol. The van der Waals surface area contributed by atoms with Crippen LogP contribution < -0.4 is 0 Å². The molecule has 1 rings (SSSR count). The van der Waals surface area contributed by atoms with Crippen molar-refractivity contribution in [2.24, 2.45) is 0 Å². The molecule has 0 aromatic heterocycles. The van der Waals surface area contributed by atoms with E-state index in [2.05, 4.69) is 0 Å². The topological polar surface area (TPSA) is 88.4 Å². The first-order chi connectivity index (χ1) is 6.76. The van der Waals surface area contributed by atoms with Crippen molar-refractivity contribution in [3.63, 3.8) is 0 Å². The summed E-state index contributed by atoms with van der Waals surface area (Å²) in [7, 11) is 0. The molecule has 0 bridgehead atoms. The molecule has 14 heavy (non-hydrogen) atoms. The Morgan fingerprint density at radius 3 is 1.79 bits per heavy atom. The van der Waals surface area contributed by atoms with Gasteiger partial charge in [0.1, 0.15) is 0 Å². The predicted octanol–water partition coefficient (Wildman–Crippen LogP) is 1.11. The maximum atomic E-state index is 10.6. The fourth-order valence-corrected chi connectivity index (χ4v) is 1.03. The maximum Gasteiger partial charge on any atom is 0.152 e.